The summed E-state index contributed by atoms with van der Waals surface area (Å²) in [5.41, 5.74) is 0. The first-order chi connectivity index (χ1) is 4.54. The van der Waals surface area contributed by atoms with Gasteiger partial charge >= 0.3 is 0 Å². The first kappa shape index (κ1) is 10.2. The summed E-state index contributed by atoms with van der Waals surface area (Å²) in [5.74, 6) is -0.0264. The van der Waals surface area contributed by atoms with Gasteiger partial charge < -0.3 is 10.4 Å². The Morgan fingerprint density at radius 3 is 2.50 bits per heavy atom. The number of carbonyl (C=O) groups excluding carboxylic acids is 1. The first-order valence-electron chi connectivity index (χ1n) is 3.14. The maximum Gasteiger partial charge on any atom is 0.232 e. The number of aliphatic hydroxyl groups is 1. The van der Waals surface area contributed by atoms with Gasteiger partial charge in [-0.15, -0.1) is 0 Å². The average molecular weight is 257 g/mol. The largest absolute Gasteiger partial charge is 0.392 e. The number of alkyl halides is 1. The predicted molar refractivity (Wildman–Crippen MR) is 48.2 cm³/mol. The summed E-state index contributed by atoms with van der Waals surface area (Å²) < 4.78 is -0.0312. The molecule has 0 saturated heterocycles. The molecule has 60 valence electrons. The van der Waals surface area contributed by atoms with E-state index in [-0.39, 0.29) is 9.83 Å². The smallest absolute Gasteiger partial charge is 0.232 e. The van der Waals surface area contributed by atoms with E-state index in [1.54, 1.807) is 13.8 Å². The molecule has 0 aromatic rings. The second kappa shape index (κ2) is 4.90. The molecule has 3 nitrogen and oxygen atoms in total. The zero-order valence-electron chi connectivity index (χ0n) is 6.10. The molecule has 2 N–H and O–H groups in total. The van der Waals surface area contributed by atoms with Gasteiger partial charge in [-0.2, -0.15) is 0 Å². The summed E-state index contributed by atoms with van der Waals surface area (Å²) in [6.45, 7) is 3.78. The molecule has 0 spiro atoms. The second-order valence-electron chi connectivity index (χ2n) is 2.21. The number of aliphatic hydroxyl groups excluding tert-OH is 1. The summed E-state index contributed by atoms with van der Waals surface area (Å²) in [4.78, 5) is 10.8. The molecule has 0 aliphatic heterocycles. The van der Waals surface area contributed by atoms with E-state index in [1.165, 1.54) is 0 Å². The fourth-order valence-electron chi connectivity index (χ4n) is 0.389. The van der Waals surface area contributed by atoms with Crippen LogP contribution in [0.25, 0.3) is 0 Å². The molecule has 0 aromatic heterocycles. The minimum atomic E-state index is -0.459. The summed E-state index contributed by atoms with van der Waals surface area (Å²) >= 11 is 2.02. The van der Waals surface area contributed by atoms with Gasteiger partial charge in [-0.05, 0) is 13.8 Å². The highest BCUT2D eigenvalue weighted by molar-refractivity contribution is 14.1. The number of hydrogen-bond acceptors (Lipinski definition) is 2. The lowest BCUT2D eigenvalue weighted by atomic mass is 10.4. The van der Waals surface area contributed by atoms with E-state index in [1.807, 2.05) is 22.6 Å². The summed E-state index contributed by atoms with van der Waals surface area (Å²) in [6, 6.07) is 0. The molecule has 10 heavy (non-hydrogen) atoms. The van der Waals surface area contributed by atoms with Gasteiger partial charge in [0.1, 0.15) is 0 Å². The van der Waals surface area contributed by atoms with Gasteiger partial charge in [-0.3, -0.25) is 4.79 Å². The van der Waals surface area contributed by atoms with Crippen LogP contribution in [0.15, 0.2) is 0 Å². The Labute approximate surface area is 74.3 Å². The van der Waals surface area contributed by atoms with Crippen molar-refractivity contribution in [2.75, 3.05) is 6.54 Å². The van der Waals surface area contributed by atoms with E-state index in [0.717, 1.165) is 0 Å². The van der Waals surface area contributed by atoms with Crippen LogP contribution in [0.2, 0.25) is 0 Å². The average Bonchev–Trinajstić information content (AvgIpc) is 1.82. The number of nitrogens with one attached hydrogen (secondary N) is 1. The lowest BCUT2D eigenvalue weighted by Crippen LogP contribution is -2.34. The Bertz CT molecular complexity index is 114. The van der Waals surface area contributed by atoms with Gasteiger partial charge in [0, 0.05) is 6.54 Å². The SMILES string of the molecule is CC(O)CNC(=O)C(C)I. The zero-order chi connectivity index (χ0) is 8.15. The van der Waals surface area contributed by atoms with Gasteiger partial charge in [-0.1, -0.05) is 22.6 Å². The van der Waals surface area contributed by atoms with E-state index < -0.39 is 6.10 Å². The Balaban J connectivity index is 3.40. The van der Waals surface area contributed by atoms with Crippen molar-refractivity contribution in [1.29, 1.82) is 0 Å². The molecule has 0 aliphatic rings. The molecular formula is C6H12INO2. The molecule has 0 heterocycles. The van der Waals surface area contributed by atoms with Crippen molar-refractivity contribution >= 4 is 28.5 Å². The molecule has 0 saturated carbocycles. The topological polar surface area (TPSA) is 49.3 Å². The standard InChI is InChI=1S/C6H12INO2/c1-4(9)3-8-6(10)5(2)7/h4-5,9H,3H2,1-2H3,(H,8,10). The maximum absolute atomic E-state index is 10.8. The van der Waals surface area contributed by atoms with Crippen molar-refractivity contribution in [3.8, 4) is 0 Å². The number of halogens is 1. The Kier molecular flexibility index (Phi) is 4.98. The van der Waals surface area contributed by atoms with E-state index in [2.05, 4.69) is 5.32 Å². The maximum atomic E-state index is 10.8. The number of carbonyl (C=O) groups is 1. The van der Waals surface area contributed by atoms with E-state index in [9.17, 15) is 4.79 Å². The number of amides is 1. The molecule has 4 heteroatoms. The summed E-state index contributed by atoms with van der Waals surface area (Å²) in [6.07, 6.45) is -0.459. The minimum Gasteiger partial charge on any atom is -0.392 e. The lowest BCUT2D eigenvalue weighted by Gasteiger charge is -2.07. The van der Waals surface area contributed by atoms with Crippen LogP contribution in [0, 0.1) is 0 Å². The Morgan fingerprint density at radius 1 is 1.70 bits per heavy atom. The Morgan fingerprint density at radius 2 is 2.20 bits per heavy atom. The van der Waals surface area contributed by atoms with E-state index in [0.29, 0.717) is 6.54 Å². The van der Waals surface area contributed by atoms with E-state index >= 15 is 0 Å². The monoisotopic (exact) mass is 257 g/mol. The third-order valence-corrected chi connectivity index (χ3v) is 1.50. The van der Waals surface area contributed by atoms with Crippen molar-refractivity contribution in [3.63, 3.8) is 0 Å². The Hall–Kier alpha value is 0.160. The van der Waals surface area contributed by atoms with Crippen LogP contribution in [-0.4, -0.2) is 27.6 Å². The highest BCUT2D eigenvalue weighted by Crippen LogP contribution is 1.96. The molecule has 0 aromatic carbocycles. The van der Waals surface area contributed by atoms with Crippen LogP contribution < -0.4 is 5.32 Å². The molecule has 2 atom stereocenters. The third-order valence-electron chi connectivity index (χ3n) is 0.933. The van der Waals surface area contributed by atoms with Gasteiger partial charge in [-0.25, -0.2) is 0 Å². The van der Waals surface area contributed by atoms with Crippen molar-refractivity contribution in [2.24, 2.45) is 0 Å². The molecule has 0 aliphatic carbocycles. The summed E-state index contributed by atoms with van der Waals surface area (Å²) in [5, 5.41) is 11.4. The number of hydrogen-bond donors (Lipinski definition) is 2. The zero-order valence-corrected chi connectivity index (χ0v) is 8.25. The van der Waals surface area contributed by atoms with Crippen LogP contribution in [-0.2, 0) is 4.79 Å². The third kappa shape index (κ3) is 4.99. The normalized spacial score (nSPS) is 16.0. The van der Waals surface area contributed by atoms with Crippen molar-refractivity contribution < 1.29 is 9.90 Å². The van der Waals surface area contributed by atoms with Crippen LogP contribution in [0.3, 0.4) is 0 Å². The summed E-state index contributed by atoms with van der Waals surface area (Å²) in [7, 11) is 0. The van der Waals surface area contributed by atoms with Crippen molar-refractivity contribution in [2.45, 2.75) is 23.9 Å². The van der Waals surface area contributed by atoms with Crippen LogP contribution in [0.5, 0.6) is 0 Å². The van der Waals surface area contributed by atoms with Crippen LogP contribution >= 0.6 is 22.6 Å². The quantitative estimate of drug-likeness (QED) is 0.564. The van der Waals surface area contributed by atoms with Gasteiger partial charge in [0.25, 0.3) is 0 Å². The van der Waals surface area contributed by atoms with Crippen molar-refractivity contribution in [1.82, 2.24) is 5.32 Å². The predicted octanol–water partition coefficient (Wildman–Crippen LogP) is 0.307. The molecule has 0 radical (unpaired) electrons. The molecule has 0 fully saturated rings. The second-order valence-corrected chi connectivity index (χ2v) is 4.08. The molecule has 0 bridgehead atoms. The first-order valence-corrected chi connectivity index (χ1v) is 4.38. The van der Waals surface area contributed by atoms with Gasteiger partial charge in [0.05, 0.1) is 10.0 Å². The van der Waals surface area contributed by atoms with E-state index in [4.69, 9.17) is 5.11 Å². The molecule has 1 amide bonds. The van der Waals surface area contributed by atoms with Gasteiger partial charge in [0.2, 0.25) is 5.91 Å². The van der Waals surface area contributed by atoms with Crippen LogP contribution in [0.1, 0.15) is 13.8 Å². The molecular weight excluding hydrogens is 245 g/mol. The highest BCUT2D eigenvalue weighted by atomic mass is 127. The molecule has 0 rings (SSSR count). The lowest BCUT2D eigenvalue weighted by molar-refractivity contribution is -0.120. The van der Waals surface area contributed by atoms with Crippen LogP contribution in [0.4, 0.5) is 0 Å². The van der Waals surface area contributed by atoms with Gasteiger partial charge in [0.15, 0.2) is 0 Å². The van der Waals surface area contributed by atoms with Crippen molar-refractivity contribution in [3.05, 3.63) is 0 Å². The highest BCUT2D eigenvalue weighted by Gasteiger charge is 2.07. The number of rotatable bonds is 3. The minimum absolute atomic E-state index is 0.0264. The fraction of sp³-hybridized carbons (Fsp3) is 0.833. The molecule has 2 unspecified atom stereocenters. The fourth-order valence-corrected chi connectivity index (χ4v) is 0.609.